The molecule has 0 atom stereocenters. The van der Waals surface area contributed by atoms with Crippen LogP contribution in [0.15, 0.2) is 27.6 Å². The van der Waals surface area contributed by atoms with Gasteiger partial charge in [0.1, 0.15) is 4.90 Å². The monoisotopic (exact) mass is 333 g/mol. The lowest BCUT2D eigenvalue weighted by Crippen LogP contribution is -2.49. The Morgan fingerprint density at radius 1 is 1.39 bits per heavy atom. The third-order valence-electron chi connectivity index (χ3n) is 2.59. The van der Waals surface area contributed by atoms with Gasteiger partial charge in [-0.15, -0.1) is 0 Å². The molecule has 0 bridgehead atoms. The SMILES string of the molecule is Nc1cc(Br)ccc1S(=O)(=O)N1CCNC(=O)C1. The molecule has 0 unspecified atom stereocenters. The van der Waals surface area contributed by atoms with Gasteiger partial charge >= 0.3 is 0 Å². The molecule has 1 aromatic carbocycles. The van der Waals surface area contributed by atoms with Gasteiger partial charge in [-0.05, 0) is 18.2 Å². The van der Waals surface area contributed by atoms with Crippen LogP contribution in [0.2, 0.25) is 0 Å². The molecule has 1 aliphatic rings. The highest BCUT2D eigenvalue weighted by Crippen LogP contribution is 2.25. The molecule has 1 fully saturated rings. The van der Waals surface area contributed by atoms with Gasteiger partial charge in [-0.2, -0.15) is 4.31 Å². The Labute approximate surface area is 113 Å². The average Bonchev–Trinajstić information content (AvgIpc) is 2.28. The van der Waals surface area contributed by atoms with Crippen LogP contribution in [0.1, 0.15) is 0 Å². The molecule has 1 heterocycles. The van der Waals surface area contributed by atoms with Crippen molar-refractivity contribution in [1.82, 2.24) is 9.62 Å². The highest BCUT2D eigenvalue weighted by Gasteiger charge is 2.30. The van der Waals surface area contributed by atoms with Crippen LogP contribution in [0.3, 0.4) is 0 Å². The van der Waals surface area contributed by atoms with Crippen molar-refractivity contribution in [1.29, 1.82) is 0 Å². The number of amides is 1. The maximum atomic E-state index is 12.3. The number of rotatable bonds is 2. The van der Waals surface area contributed by atoms with Crippen LogP contribution < -0.4 is 11.1 Å². The van der Waals surface area contributed by atoms with Gasteiger partial charge in [0.2, 0.25) is 15.9 Å². The van der Waals surface area contributed by atoms with Crippen LogP contribution in [0, 0.1) is 0 Å². The summed E-state index contributed by atoms with van der Waals surface area (Å²) >= 11 is 3.22. The van der Waals surface area contributed by atoms with E-state index in [0.29, 0.717) is 11.0 Å². The van der Waals surface area contributed by atoms with E-state index in [1.807, 2.05) is 0 Å². The van der Waals surface area contributed by atoms with Crippen molar-refractivity contribution in [3.8, 4) is 0 Å². The summed E-state index contributed by atoms with van der Waals surface area (Å²) in [6.07, 6.45) is 0. The van der Waals surface area contributed by atoms with E-state index in [9.17, 15) is 13.2 Å². The van der Waals surface area contributed by atoms with Crippen molar-refractivity contribution in [3.63, 3.8) is 0 Å². The number of nitrogens with zero attached hydrogens (tertiary/aromatic N) is 1. The van der Waals surface area contributed by atoms with Crippen LogP contribution in [0.4, 0.5) is 5.69 Å². The lowest BCUT2D eigenvalue weighted by Gasteiger charge is -2.26. The van der Waals surface area contributed by atoms with Crippen LogP contribution in [0.25, 0.3) is 0 Å². The van der Waals surface area contributed by atoms with E-state index in [4.69, 9.17) is 5.73 Å². The van der Waals surface area contributed by atoms with Gasteiger partial charge in [-0.1, -0.05) is 15.9 Å². The number of benzene rings is 1. The predicted molar refractivity (Wildman–Crippen MR) is 70.3 cm³/mol. The maximum absolute atomic E-state index is 12.3. The van der Waals surface area contributed by atoms with E-state index in [2.05, 4.69) is 21.2 Å². The Kier molecular flexibility index (Phi) is 3.60. The van der Waals surface area contributed by atoms with E-state index in [1.165, 1.54) is 12.1 Å². The van der Waals surface area contributed by atoms with Crippen molar-refractivity contribution < 1.29 is 13.2 Å². The predicted octanol–water partition coefficient (Wildman–Crippen LogP) is 0.152. The van der Waals surface area contributed by atoms with E-state index in [1.54, 1.807) is 6.07 Å². The first-order valence-corrected chi connectivity index (χ1v) is 7.46. The summed E-state index contributed by atoms with van der Waals surface area (Å²) in [5, 5.41) is 2.58. The Bertz CT molecular complexity index is 588. The molecule has 1 aliphatic heterocycles. The second kappa shape index (κ2) is 4.87. The summed E-state index contributed by atoms with van der Waals surface area (Å²) < 4.78 is 26.5. The summed E-state index contributed by atoms with van der Waals surface area (Å²) in [7, 11) is -3.72. The Hall–Kier alpha value is -1.12. The molecule has 18 heavy (non-hydrogen) atoms. The molecule has 0 saturated carbocycles. The molecule has 0 radical (unpaired) electrons. The van der Waals surface area contributed by atoms with Crippen LogP contribution in [-0.2, 0) is 14.8 Å². The van der Waals surface area contributed by atoms with Crippen molar-refractivity contribution in [2.75, 3.05) is 25.4 Å². The fraction of sp³-hybridized carbons (Fsp3) is 0.300. The normalized spacial score (nSPS) is 17.5. The number of piperazine rings is 1. The fourth-order valence-electron chi connectivity index (χ4n) is 1.71. The summed E-state index contributed by atoms with van der Waals surface area (Å²) in [5.41, 5.74) is 5.87. The van der Waals surface area contributed by atoms with Gasteiger partial charge < -0.3 is 11.1 Å². The number of anilines is 1. The molecule has 8 heteroatoms. The zero-order valence-corrected chi connectivity index (χ0v) is 11.8. The van der Waals surface area contributed by atoms with Crippen molar-refractivity contribution in [2.24, 2.45) is 0 Å². The first kappa shape index (κ1) is 13.3. The molecule has 0 spiro atoms. The summed E-state index contributed by atoms with van der Waals surface area (Å²) in [5.74, 6) is -0.305. The molecule has 3 N–H and O–H groups in total. The second-order valence-corrected chi connectivity index (χ2v) is 6.69. The number of carbonyl (C=O) groups excluding carboxylic acids is 1. The molecule has 2 rings (SSSR count). The minimum Gasteiger partial charge on any atom is -0.398 e. The second-order valence-electron chi connectivity index (χ2n) is 3.87. The van der Waals surface area contributed by atoms with E-state index < -0.39 is 10.0 Å². The molecule has 98 valence electrons. The van der Waals surface area contributed by atoms with Crippen molar-refractivity contribution in [3.05, 3.63) is 22.7 Å². The minimum absolute atomic E-state index is 0.0281. The number of hydrogen-bond acceptors (Lipinski definition) is 4. The quantitative estimate of drug-likeness (QED) is 0.753. The largest absolute Gasteiger partial charge is 0.398 e. The number of hydrogen-bond donors (Lipinski definition) is 2. The lowest BCUT2D eigenvalue weighted by molar-refractivity contribution is -0.122. The van der Waals surface area contributed by atoms with Crippen LogP contribution >= 0.6 is 15.9 Å². The number of nitrogens with one attached hydrogen (secondary N) is 1. The zero-order chi connectivity index (χ0) is 13.3. The smallest absolute Gasteiger partial charge is 0.245 e. The van der Waals surface area contributed by atoms with Gasteiger partial charge in [0, 0.05) is 17.6 Å². The summed E-state index contributed by atoms with van der Waals surface area (Å²) in [6, 6.07) is 4.56. The van der Waals surface area contributed by atoms with Crippen LogP contribution in [0.5, 0.6) is 0 Å². The number of nitrogen functional groups attached to an aromatic ring is 1. The van der Waals surface area contributed by atoms with Gasteiger partial charge in [0.25, 0.3) is 0 Å². The zero-order valence-electron chi connectivity index (χ0n) is 9.39. The first-order valence-electron chi connectivity index (χ1n) is 5.23. The number of halogens is 1. The molecule has 1 amide bonds. The van der Waals surface area contributed by atoms with Gasteiger partial charge in [-0.25, -0.2) is 8.42 Å². The molecule has 0 aromatic heterocycles. The Balaban J connectivity index is 2.38. The third kappa shape index (κ3) is 2.50. The number of sulfonamides is 1. The van der Waals surface area contributed by atoms with E-state index in [0.717, 1.165) is 4.31 Å². The average molecular weight is 334 g/mol. The third-order valence-corrected chi connectivity index (χ3v) is 5.01. The summed E-state index contributed by atoms with van der Waals surface area (Å²) in [4.78, 5) is 11.3. The number of nitrogens with two attached hydrogens (primary N) is 1. The van der Waals surface area contributed by atoms with Gasteiger partial charge in [0.05, 0.1) is 12.2 Å². The molecule has 1 saturated heterocycles. The van der Waals surface area contributed by atoms with Crippen LogP contribution in [-0.4, -0.2) is 38.3 Å². The Morgan fingerprint density at radius 2 is 2.11 bits per heavy atom. The highest BCUT2D eigenvalue weighted by molar-refractivity contribution is 9.10. The van der Waals surface area contributed by atoms with Gasteiger partial charge in [-0.3, -0.25) is 4.79 Å². The Morgan fingerprint density at radius 3 is 2.72 bits per heavy atom. The van der Waals surface area contributed by atoms with Crippen molar-refractivity contribution >= 4 is 37.5 Å². The first-order chi connectivity index (χ1) is 8.41. The molecule has 6 nitrogen and oxygen atoms in total. The van der Waals surface area contributed by atoms with Gasteiger partial charge in [0.15, 0.2) is 0 Å². The molecular weight excluding hydrogens is 322 g/mol. The highest BCUT2D eigenvalue weighted by atomic mass is 79.9. The summed E-state index contributed by atoms with van der Waals surface area (Å²) in [6.45, 7) is 0.399. The topological polar surface area (TPSA) is 92.5 Å². The number of carbonyl (C=O) groups is 1. The minimum atomic E-state index is -3.72. The fourth-order valence-corrected chi connectivity index (χ4v) is 3.59. The lowest BCUT2D eigenvalue weighted by atomic mass is 10.3. The van der Waals surface area contributed by atoms with E-state index >= 15 is 0 Å². The maximum Gasteiger partial charge on any atom is 0.245 e. The van der Waals surface area contributed by atoms with E-state index in [-0.39, 0.29) is 29.6 Å². The molecular formula is C10H12BrN3O3S. The molecule has 1 aromatic rings. The standard InChI is InChI=1S/C10H12BrN3O3S/c11-7-1-2-9(8(12)5-7)18(16,17)14-4-3-13-10(15)6-14/h1-2,5H,3-4,6,12H2,(H,13,15). The molecule has 0 aliphatic carbocycles. The van der Waals surface area contributed by atoms with Crippen molar-refractivity contribution in [2.45, 2.75) is 4.90 Å².